The molecule has 0 fully saturated rings. The zero-order chi connectivity index (χ0) is 7.66. The number of unbranched alkanes of at least 4 members (excludes halogenated alkanes) is 5. The van der Waals surface area contributed by atoms with Crippen molar-refractivity contribution in [2.75, 3.05) is 0 Å². The number of hydrogen-bond acceptors (Lipinski definition) is 1. The molecule has 0 spiro atoms. The van der Waals surface area contributed by atoms with Gasteiger partial charge in [-0.25, -0.2) is 0 Å². The molecule has 10 heavy (non-hydrogen) atoms. The summed E-state index contributed by atoms with van der Waals surface area (Å²) in [4.78, 5) is 0. The van der Waals surface area contributed by atoms with Crippen LogP contribution in [0.25, 0.3) is 0 Å². The van der Waals surface area contributed by atoms with Crippen LogP contribution in [0, 0.1) is 6.26 Å². The maximum absolute atomic E-state index is 8.16. The molecule has 0 aromatic rings. The minimum absolute atomic E-state index is 0.972. The molecular formula is C9H17O. The first kappa shape index (κ1) is 9.54. The topological polar surface area (TPSA) is 20.2 Å². The number of rotatable bonds is 6. The molecule has 0 aliphatic heterocycles. The Morgan fingerprint density at radius 1 is 1.20 bits per heavy atom. The lowest BCUT2D eigenvalue weighted by Gasteiger charge is -1.94. The van der Waals surface area contributed by atoms with Gasteiger partial charge in [-0.1, -0.05) is 32.6 Å². The fourth-order valence-corrected chi connectivity index (χ4v) is 0.915. The SMILES string of the molecule is CCCCCCC/C=[C]\O. The maximum atomic E-state index is 8.16. The fourth-order valence-electron chi connectivity index (χ4n) is 0.915. The Morgan fingerprint density at radius 3 is 2.50 bits per heavy atom. The van der Waals surface area contributed by atoms with E-state index < -0.39 is 0 Å². The van der Waals surface area contributed by atoms with E-state index >= 15 is 0 Å². The second-order valence-electron chi connectivity index (χ2n) is 2.54. The molecule has 0 aliphatic carbocycles. The average molecular weight is 141 g/mol. The van der Waals surface area contributed by atoms with Crippen LogP contribution >= 0.6 is 0 Å². The first-order chi connectivity index (χ1) is 4.91. The summed E-state index contributed by atoms with van der Waals surface area (Å²) in [7, 11) is 0. The summed E-state index contributed by atoms with van der Waals surface area (Å²) in [5.41, 5.74) is 0. The van der Waals surface area contributed by atoms with Crippen LogP contribution in [0.5, 0.6) is 0 Å². The third-order valence-corrected chi connectivity index (χ3v) is 1.54. The lowest BCUT2D eigenvalue weighted by atomic mass is 10.1. The molecule has 0 atom stereocenters. The minimum atomic E-state index is 0.972. The van der Waals surface area contributed by atoms with Crippen molar-refractivity contribution in [3.8, 4) is 0 Å². The van der Waals surface area contributed by atoms with Crippen LogP contribution in [0.3, 0.4) is 0 Å². The van der Waals surface area contributed by atoms with Gasteiger partial charge >= 0.3 is 0 Å². The standard InChI is InChI=1S/C9H17O/c1-2-3-4-5-6-7-8-9-10/h8,10H,2-7H2,1H3. The summed E-state index contributed by atoms with van der Waals surface area (Å²) in [5, 5.41) is 8.16. The van der Waals surface area contributed by atoms with Crippen LogP contribution < -0.4 is 0 Å². The second kappa shape index (κ2) is 8.54. The first-order valence-corrected chi connectivity index (χ1v) is 4.13. The molecule has 0 aromatic heterocycles. The average Bonchev–Trinajstić information content (AvgIpc) is 1.97. The lowest BCUT2D eigenvalue weighted by molar-refractivity contribution is 0.438. The van der Waals surface area contributed by atoms with Gasteiger partial charge in [-0.15, -0.1) is 0 Å². The number of hydrogen-bond donors (Lipinski definition) is 1. The smallest absolute Gasteiger partial charge is 0.152 e. The highest BCUT2D eigenvalue weighted by Gasteiger charge is 1.85. The van der Waals surface area contributed by atoms with Gasteiger partial charge in [0.25, 0.3) is 0 Å². The molecule has 0 saturated carbocycles. The second-order valence-corrected chi connectivity index (χ2v) is 2.54. The molecule has 59 valence electrons. The number of aliphatic hydroxyl groups is 1. The summed E-state index contributed by atoms with van der Waals surface area (Å²) in [5.74, 6) is 0. The van der Waals surface area contributed by atoms with E-state index in [-0.39, 0.29) is 0 Å². The molecule has 0 unspecified atom stereocenters. The highest BCUT2D eigenvalue weighted by Crippen LogP contribution is 2.04. The van der Waals surface area contributed by atoms with Crippen molar-refractivity contribution in [3.05, 3.63) is 12.3 Å². The van der Waals surface area contributed by atoms with E-state index in [2.05, 4.69) is 6.92 Å². The predicted molar refractivity (Wildman–Crippen MR) is 43.8 cm³/mol. The van der Waals surface area contributed by atoms with Crippen molar-refractivity contribution in [1.29, 1.82) is 0 Å². The van der Waals surface area contributed by atoms with Crippen molar-refractivity contribution in [2.24, 2.45) is 0 Å². The van der Waals surface area contributed by atoms with E-state index in [1.165, 1.54) is 32.1 Å². The Bertz CT molecular complexity index is 76.8. The van der Waals surface area contributed by atoms with E-state index in [1.54, 1.807) is 6.08 Å². The minimum Gasteiger partial charge on any atom is -0.504 e. The van der Waals surface area contributed by atoms with Crippen LogP contribution in [-0.4, -0.2) is 5.11 Å². The molecule has 1 N–H and O–H groups in total. The van der Waals surface area contributed by atoms with Crippen LogP contribution in [-0.2, 0) is 0 Å². The van der Waals surface area contributed by atoms with Crippen molar-refractivity contribution in [2.45, 2.75) is 45.4 Å². The zero-order valence-electron chi connectivity index (χ0n) is 6.77. The van der Waals surface area contributed by atoms with Crippen molar-refractivity contribution in [3.63, 3.8) is 0 Å². The maximum Gasteiger partial charge on any atom is 0.152 e. The Labute approximate surface area is 63.8 Å². The Morgan fingerprint density at radius 2 is 1.90 bits per heavy atom. The highest BCUT2D eigenvalue weighted by molar-refractivity contribution is 4.64. The first-order valence-electron chi connectivity index (χ1n) is 4.13. The van der Waals surface area contributed by atoms with Crippen molar-refractivity contribution < 1.29 is 5.11 Å². The zero-order valence-corrected chi connectivity index (χ0v) is 6.77. The van der Waals surface area contributed by atoms with E-state index in [9.17, 15) is 0 Å². The molecule has 1 nitrogen and oxygen atoms in total. The molecule has 0 amide bonds. The van der Waals surface area contributed by atoms with Crippen LogP contribution in [0.2, 0.25) is 0 Å². The number of allylic oxidation sites excluding steroid dienone is 1. The molecule has 1 heteroatoms. The van der Waals surface area contributed by atoms with Gasteiger partial charge in [-0.2, -0.15) is 0 Å². The number of aliphatic hydroxyl groups excluding tert-OH is 1. The van der Waals surface area contributed by atoms with E-state index in [4.69, 9.17) is 5.11 Å². The monoisotopic (exact) mass is 141 g/mol. The van der Waals surface area contributed by atoms with Gasteiger partial charge in [0, 0.05) is 0 Å². The summed E-state index contributed by atoms with van der Waals surface area (Å²) in [6.45, 7) is 2.21. The van der Waals surface area contributed by atoms with Gasteiger partial charge in [-0.3, -0.25) is 0 Å². The van der Waals surface area contributed by atoms with E-state index in [0.717, 1.165) is 6.42 Å². The van der Waals surface area contributed by atoms with Crippen molar-refractivity contribution in [1.82, 2.24) is 0 Å². The Hall–Kier alpha value is -0.460. The summed E-state index contributed by atoms with van der Waals surface area (Å²) >= 11 is 0. The molecule has 0 aromatic carbocycles. The third kappa shape index (κ3) is 7.54. The van der Waals surface area contributed by atoms with Crippen molar-refractivity contribution >= 4 is 0 Å². The molecule has 1 radical (unpaired) electrons. The summed E-state index contributed by atoms with van der Waals surface area (Å²) in [6.07, 6.45) is 11.1. The largest absolute Gasteiger partial charge is 0.504 e. The predicted octanol–water partition coefficient (Wildman–Crippen LogP) is 3.22. The van der Waals surface area contributed by atoms with Crippen LogP contribution in [0.4, 0.5) is 0 Å². The van der Waals surface area contributed by atoms with E-state index in [0.29, 0.717) is 0 Å². The van der Waals surface area contributed by atoms with Crippen LogP contribution in [0.15, 0.2) is 6.08 Å². The Balaban J connectivity index is 2.77. The van der Waals surface area contributed by atoms with Gasteiger partial charge in [0.15, 0.2) is 6.26 Å². The molecule has 0 heterocycles. The van der Waals surface area contributed by atoms with Crippen LogP contribution in [0.1, 0.15) is 45.4 Å². The van der Waals surface area contributed by atoms with E-state index in [1.807, 2.05) is 6.26 Å². The molecule has 0 saturated heterocycles. The van der Waals surface area contributed by atoms with Gasteiger partial charge < -0.3 is 5.11 Å². The van der Waals surface area contributed by atoms with Gasteiger partial charge in [0.05, 0.1) is 0 Å². The molecule has 0 bridgehead atoms. The quantitative estimate of drug-likeness (QED) is 0.445. The highest BCUT2D eigenvalue weighted by atomic mass is 16.2. The van der Waals surface area contributed by atoms with Gasteiger partial charge in [-0.05, 0) is 18.9 Å². The third-order valence-electron chi connectivity index (χ3n) is 1.54. The lowest BCUT2D eigenvalue weighted by Crippen LogP contribution is -1.75. The molecule has 0 aliphatic rings. The van der Waals surface area contributed by atoms with Gasteiger partial charge in [0.2, 0.25) is 0 Å². The molecule has 0 rings (SSSR count). The fraction of sp³-hybridized carbons (Fsp3) is 0.778. The summed E-state index contributed by atoms with van der Waals surface area (Å²) < 4.78 is 0. The molecular weight excluding hydrogens is 124 g/mol. The Kier molecular flexibility index (Phi) is 8.15. The van der Waals surface area contributed by atoms with Gasteiger partial charge in [0.1, 0.15) is 0 Å². The normalized spacial score (nSPS) is 10.9. The summed E-state index contributed by atoms with van der Waals surface area (Å²) in [6, 6.07) is 0.